The number of hydrogen-bond donors (Lipinski definition) is 6. The van der Waals surface area contributed by atoms with Gasteiger partial charge in [0.25, 0.3) is 0 Å². The first-order valence-corrected chi connectivity index (χ1v) is 11.9. The van der Waals surface area contributed by atoms with Crippen LogP contribution in [0.2, 0.25) is 0 Å². The highest BCUT2D eigenvalue weighted by atomic mass is 16.2. The third-order valence-electron chi connectivity index (χ3n) is 5.38. The van der Waals surface area contributed by atoms with E-state index in [2.05, 4.69) is 31.9 Å². The maximum Gasteiger partial charge on any atom is 0.243 e. The van der Waals surface area contributed by atoms with Gasteiger partial charge < -0.3 is 31.9 Å². The Morgan fingerprint density at radius 2 is 1.44 bits per heavy atom. The van der Waals surface area contributed by atoms with Crippen molar-refractivity contribution < 1.29 is 28.8 Å². The van der Waals surface area contributed by atoms with Crippen molar-refractivity contribution in [3.8, 4) is 0 Å². The third-order valence-corrected chi connectivity index (χ3v) is 5.38. The topological polar surface area (TPSA) is 175 Å². The van der Waals surface area contributed by atoms with Crippen LogP contribution in [0.1, 0.15) is 38.2 Å². The number of carbonyl (C=O) groups is 6. The molecule has 0 bridgehead atoms. The molecule has 1 aliphatic rings. The van der Waals surface area contributed by atoms with Gasteiger partial charge in [-0.2, -0.15) is 0 Å². The molecule has 1 fully saturated rings. The minimum absolute atomic E-state index is 0.000615. The molecule has 0 aromatic heterocycles. The van der Waals surface area contributed by atoms with Gasteiger partial charge in [0, 0.05) is 32.9 Å². The highest BCUT2D eigenvalue weighted by Crippen LogP contribution is 2.04. The van der Waals surface area contributed by atoms with E-state index in [1.54, 1.807) is 24.3 Å². The van der Waals surface area contributed by atoms with Gasteiger partial charge in [-0.25, -0.2) is 0 Å². The summed E-state index contributed by atoms with van der Waals surface area (Å²) in [6, 6.07) is 7.06. The van der Waals surface area contributed by atoms with E-state index in [0.717, 1.165) is 5.56 Å². The summed E-state index contributed by atoms with van der Waals surface area (Å²) in [5.74, 6) is -2.89. The summed E-state index contributed by atoms with van der Waals surface area (Å²) < 4.78 is 0. The summed E-state index contributed by atoms with van der Waals surface area (Å²) in [4.78, 5) is 73.6. The van der Waals surface area contributed by atoms with Crippen molar-refractivity contribution in [1.82, 2.24) is 31.9 Å². The van der Waals surface area contributed by atoms with Crippen LogP contribution in [-0.4, -0.2) is 73.7 Å². The van der Waals surface area contributed by atoms with E-state index in [4.69, 9.17) is 0 Å². The van der Waals surface area contributed by atoms with Crippen LogP contribution in [0.4, 0.5) is 0 Å². The van der Waals surface area contributed by atoms with Crippen molar-refractivity contribution in [3.05, 3.63) is 35.9 Å². The van der Waals surface area contributed by atoms with Gasteiger partial charge in [-0.05, 0) is 24.8 Å². The lowest BCUT2D eigenvalue weighted by molar-refractivity contribution is -0.132. The van der Waals surface area contributed by atoms with Gasteiger partial charge in [0.05, 0.1) is 13.1 Å². The first-order chi connectivity index (χ1) is 17.2. The number of carbonyl (C=O) groups excluding carboxylic acids is 6. The SMILES string of the molecule is CC(=O)N[C@H]1CCC(=O)NCCCCNC(=O)CNC(=O)[C@@H](Cc2ccccc2)NC(=O)CNC1=O. The first-order valence-electron chi connectivity index (χ1n) is 11.9. The molecule has 12 nitrogen and oxygen atoms in total. The molecule has 1 aliphatic heterocycles. The fourth-order valence-corrected chi connectivity index (χ4v) is 3.53. The summed E-state index contributed by atoms with van der Waals surface area (Å²) in [5, 5.41) is 15.5. The van der Waals surface area contributed by atoms with Crippen molar-refractivity contribution in [2.24, 2.45) is 0 Å². The van der Waals surface area contributed by atoms with E-state index in [0.29, 0.717) is 25.9 Å². The van der Waals surface area contributed by atoms with E-state index in [1.165, 1.54) is 6.92 Å². The maximum atomic E-state index is 12.8. The summed E-state index contributed by atoms with van der Waals surface area (Å²) in [6.45, 7) is 1.32. The summed E-state index contributed by atoms with van der Waals surface area (Å²) in [5.41, 5.74) is 0.796. The van der Waals surface area contributed by atoms with Crippen molar-refractivity contribution in [3.63, 3.8) is 0 Å². The minimum Gasteiger partial charge on any atom is -0.356 e. The molecule has 196 valence electrons. The largest absolute Gasteiger partial charge is 0.356 e. The van der Waals surface area contributed by atoms with Crippen LogP contribution < -0.4 is 31.9 Å². The van der Waals surface area contributed by atoms with Gasteiger partial charge >= 0.3 is 0 Å². The minimum atomic E-state index is -0.995. The fraction of sp³-hybridized carbons (Fsp3) is 0.500. The van der Waals surface area contributed by atoms with Crippen LogP contribution in [-0.2, 0) is 35.2 Å². The van der Waals surface area contributed by atoms with E-state index < -0.39 is 42.3 Å². The molecule has 1 aromatic carbocycles. The number of rotatable bonds is 3. The maximum absolute atomic E-state index is 12.8. The molecule has 1 heterocycles. The quantitative estimate of drug-likeness (QED) is 0.286. The van der Waals surface area contributed by atoms with Gasteiger partial charge in [-0.1, -0.05) is 30.3 Å². The predicted octanol–water partition coefficient (Wildman–Crippen LogP) is -1.74. The number of amides is 6. The normalized spacial score (nSPS) is 21.6. The summed E-state index contributed by atoms with van der Waals surface area (Å²) in [7, 11) is 0. The van der Waals surface area contributed by atoms with Crippen LogP contribution in [0.3, 0.4) is 0 Å². The molecule has 2 atom stereocenters. The fourth-order valence-electron chi connectivity index (χ4n) is 3.53. The average Bonchev–Trinajstić information content (AvgIpc) is 2.85. The van der Waals surface area contributed by atoms with Crippen LogP contribution in [0, 0.1) is 0 Å². The lowest BCUT2D eigenvalue weighted by Gasteiger charge is -2.20. The Bertz CT molecular complexity index is 938. The molecule has 36 heavy (non-hydrogen) atoms. The Kier molecular flexibility index (Phi) is 11.9. The average molecular weight is 503 g/mol. The van der Waals surface area contributed by atoms with Gasteiger partial charge in [0.2, 0.25) is 35.4 Å². The highest BCUT2D eigenvalue weighted by molar-refractivity contribution is 5.93. The predicted molar refractivity (Wildman–Crippen MR) is 130 cm³/mol. The van der Waals surface area contributed by atoms with Gasteiger partial charge in [-0.3, -0.25) is 28.8 Å². The zero-order valence-corrected chi connectivity index (χ0v) is 20.4. The lowest BCUT2D eigenvalue weighted by atomic mass is 10.1. The number of nitrogens with one attached hydrogen (secondary N) is 6. The zero-order chi connectivity index (χ0) is 26.3. The molecule has 6 amide bonds. The smallest absolute Gasteiger partial charge is 0.243 e. The Morgan fingerprint density at radius 1 is 0.833 bits per heavy atom. The van der Waals surface area contributed by atoms with Crippen molar-refractivity contribution in [1.29, 1.82) is 0 Å². The second-order valence-electron chi connectivity index (χ2n) is 8.44. The van der Waals surface area contributed by atoms with E-state index in [-0.39, 0.29) is 37.6 Å². The zero-order valence-electron chi connectivity index (χ0n) is 20.4. The molecule has 0 spiro atoms. The molecule has 1 saturated heterocycles. The van der Waals surface area contributed by atoms with Gasteiger partial charge in [0.15, 0.2) is 0 Å². The summed E-state index contributed by atoms with van der Waals surface area (Å²) in [6.07, 6.45) is 1.47. The van der Waals surface area contributed by atoms with Crippen LogP contribution in [0.15, 0.2) is 30.3 Å². The van der Waals surface area contributed by atoms with Gasteiger partial charge in [-0.15, -0.1) is 0 Å². The van der Waals surface area contributed by atoms with Crippen molar-refractivity contribution in [2.45, 2.75) is 51.1 Å². The highest BCUT2D eigenvalue weighted by Gasteiger charge is 2.24. The molecule has 0 aliphatic carbocycles. The lowest BCUT2D eigenvalue weighted by Crippen LogP contribution is -2.53. The van der Waals surface area contributed by atoms with E-state index in [9.17, 15) is 28.8 Å². The van der Waals surface area contributed by atoms with Crippen LogP contribution in [0.5, 0.6) is 0 Å². The molecule has 2 rings (SSSR count). The Labute approximate surface area is 209 Å². The van der Waals surface area contributed by atoms with Crippen LogP contribution in [0.25, 0.3) is 0 Å². The van der Waals surface area contributed by atoms with Gasteiger partial charge in [0.1, 0.15) is 12.1 Å². The second-order valence-corrected chi connectivity index (χ2v) is 8.44. The molecular weight excluding hydrogens is 468 g/mol. The monoisotopic (exact) mass is 502 g/mol. The number of benzene rings is 1. The summed E-state index contributed by atoms with van der Waals surface area (Å²) >= 11 is 0. The van der Waals surface area contributed by atoms with E-state index >= 15 is 0 Å². The standard InChI is InChI=1S/C24H34N6O6/c1-16(31)29-18-9-10-20(32)25-11-5-6-12-26-21(33)14-27-24(36)19(13-17-7-3-2-4-8-17)30-22(34)15-28-23(18)35/h2-4,7-8,18-19H,5-6,9-15H2,1H3,(H,25,32)(H,26,33)(H,27,36)(H,28,35)(H,29,31)(H,30,34)/t18-,19+/m0/s1. The Hall–Kier alpha value is -3.96. The van der Waals surface area contributed by atoms with Crippen LogP contribution >= 0.6 is 0 Å². The molecule has 12 heteroatoms. The molecular formula is C24H34N6O6. The molecule has 0 unspecified atom stereocenters. The molecule has 0 radical (unpaired) electrons. The molecule has 6 N–H and O–H groups in total. The third kappa shape index (κ3) is 11.0. The Balaban J connectivity index is 2.11. The molecule has 1 aromatic rings. The second kappa shape index (κ2) is 15.1. The Morgan fingerprint density at radius 3 is 2.11 bits per heavy atom. The molecule has 0 saturated carbocycles. The first kappa shape index (κ1) is 28.3. The van der Waals surface area contributed by atoms with Crippen molar-refractivity contribution in [2.75, 3.05) is 26.2 Å². The van der Waals surface area contributed by atoms with Crippen molar-refractivity contribution >= 4 is 35.4 Å². The number of hydrogen-bond acceptors (Lipinski definition) is 6. The van der Waals surface area contributed by atoms with E-state index in [1.807, 2.05) is 6.07 Å².